The third-order valence-corrected chi connectivity index (χ3v) is 5.71. The molecule has 7 nitrogen and oxygen atoms in total. The Bertz CT molecular complexity index is 1160. The van der Waals surface area contributed by atoms with E-state index in [4.69, 9.17) is 4.52 Å². The van der Waals surface area contributed by atoms with E-state index in [2.05, 4.69) is 10.5 Å². The Labute approximate surface area is 190 Å². The minimum absolute atomic E-state index is 0.0973. The van der Waals surface area contributed by atoms with Gasteiger partial charge in [-0.1, -0.05) is 17.3 Å². The summed E-state index contributed by atoms with van der Waals surface area (Å²) in [6, 6.07) is 15.0. The second-order valence-corrected chi connectivity index (χ2v) is 8.23. The molecule has 0 spiro atoms. The van der Waals surface area contributed by atoms with E-state index in [0.29, 0.717) is 42.8 Å². The maximum absolute atomic E-state index is 13.1. The molecule has 1 fully saturated rings. The number of carbonyl (C=O) groups is 3. The molecule has 0 saturated carbocycles. The number of aryl methyl sites for hydroxylation is 1. The second-order valence-electron chi connectivity index (χ2n) is 8.23. The summed E-state index contributed by atoms with van der Waals surface area (Å²) < 4.78 is 18.4. The molecule has 4 rings (SSSR count). The number of nitrogens with zero attached hydrogens (tertiary/aromatic N) is 2. The zero-order chi connectivity index (χ0) is 23.4. The van der Waals surface area contributed by atoms with Crippen LogP contribution in [0.4, 0.5) is 4.39 Å². The van der Waals surface area contributed by atoms with Crippen LogP contribution in [0.3, 0.4) is 0 Å². The van der Waals surface area contributed by atoms with Crippen molar-refractivity contribution >= 4 is 17.7 Å². The second kappa shape index (κ2) is 9.77. The van der Waals surface area contributed by atoms with E-state index in [9.17, 15) is 18.8 Å². The zero-order valence-electron chi connectivity index (χ0n) is 18.2. The molecular weight excluding hydrogens is 425 g/mol. The summed E-state index contributed by atoms with van der Waals surface area (Å²) in [5, 5.41) is 6.34. The van der Waals surface area contributed by atoms with E-state index < -0.39 is 0 Å². The Balaban J connectivity index is 1.26. The first-order valence-electron chi connectivity index (χ1n) is 10.8. The van der Waals surface area contributed by atoms with Gasteiger partial charge in [-0.25, -0.2) is 4.39 Å². The third kappa shape index (κ3) is 5.52. The highest BCUT2D eigenvalue weighted by molar-refractivity contribution is 6.03. The van der Waals surface area contributed by atoms with Gasteiger partial charge >= 0.3 is 0 Å². The molecule has 1 atom stereocenters. The van der Waals surface area contributed by atoms with Crippen LogP contribution in [0.5, 0.6) is 0 Å². The fourth-order valence-electron chi connectivity index (χ4n) is 3.84. The van der Waals surface area contributed by atoms with E-state index in [1.165, 1.54) is 12.1 Å². The molecule has 170 valence electrons. The molecule has 0 radical (unpaired) electrons. The van der Waals surface area contributed by atoms with Crippen LogP contribution in [0.25, 0.3) is 11.3 Å². The van der Waals surface area contributed by atoms with Crippen LogP contribution in [0.2, 0.25) is 0 Å². The number of halogens is 1. The van der Waals surface area contributed by atoms with Crippen molar-refractivity contribution in [2.24, 2.45) is 5.92 Å². The zero-order valence-corrected chi connectivity index (χ0v) is 18.2. The number of rotatable bonds is 8. The lowest BCUT2D eigenvalue weighted by Crippen LogP contribution is -2.28. The SMILES string of the molecule is CN(CCCc1cc(-c2ccc(F)cc2)no1)C(=O)c1ccc(CC2CC(=O)NC2=O)cc1. The predicted octanol–water partition coefficient (Wildman–Crippen LogP) is 3.39. The van der Waals surface area contributed by atoms with Crippen molar-refractivity contribution in [2.45, 2.75) is 25.7 Å². The molecule has 0 bridgehead atoms. The molecule has 8 heteroatoms. The van der Waals surface area contributed by atoms with Crippen LogP contribution < -0.4 is 5.32 Å². The van der Waals surface area contributed by atoms with Crippen LogP contribution in [0, 0.1) is 11.7 Å². The van der Waals surface area contributed by atoms with Gasteiger partial charge in [0.05, 0.1) is 5.92 Å². The highest BCUT2D eigenvalue weighted by Gasteiger charge is 2.30. The van der Waals surface area contributed by atoms with Gasteiger partial charge < -0.3 is 9.42 Å². The normalized spacial score (nSPS) is 15.5. The number of hydrogen-bond acceptors (Lipinski definition) is 5. The molecule has 1 N–H and O–H groups in total. The Hall–Kier alpha value is -3.81. The molecule has 2 aromatic carbocycles. The lowest BCUT2D eigenvalue weighted by molar-refractivity contribution is -0.125. The fourth-order valence-corrected chi connectivity index (χ4v) is 3.84. The maximum atomic E-state index is 13.1. The van der Waals surface area contributed by atoms with Gasteiger partial charge in [0.1, 0.15) is 17.3 Å². The molecule has 33 heavy (non-hydrogen) atoms. The first kappa shape index (κ1) is 22.4. The van der Waals surface area contributed by atoms with E-state index in [1.807, 2.05) is 18.2 Å². The largest absolute Gasteiger partial charge is 0.361 e. The van der Waals surface area contributed by atoms with Crippen LogP contribution in [0.15, 0.2) is 59.1 Å². The van der Waals surface area contributed by atoms with Gasteiger partial charge in [0.25, 0.3) is 5.91 Å². The molecule has 1 aromatic heterocycles. The topological polar surface area (TPSA) is 92.5 Å². The summed E-state index contributed by atoms with van der Waals surface area (Å²) >= 11 is 0. The van der Waals surface area contributed by atoms with Gasteiger partial charge in [-0.2, -0.15) is 0 Å². The fraction of sp³-hybridized carbons (Fsp3) is 0.280. The van der Waals surface area contributed by atoms with Gasteiger partial charge in [0.2, 0.25) is 11.8 Å². The molecule has 1 unspecified atom stereocenters. The van der Waals surface area contributed by atoms with Gasteiger partial charge in [-0.05, 0) is 54.8 Å². The predicted molar refractivity (Wildman–Crippen MR) is 119 cm³/mol. The quantitative estimate of drug-likeness (QED) is 0.532. The van der Waals surface area contributed by atoms with Crippen molar-refractivity contribution in [3.05, 3.63) is 77.3 Å². The summed E-state index contributed by atoms with van der Waals surface area (Å²) in [4.78, 5) is 37.4. The molecular formula is C25H24FN3O4. The number of benzene rings is 2. The van der Waals surface area contributed by atoms with Crippen LogP contribution >= 0.6 is 0 Å². The molecule has 3 aromatic rings. The average molecular weight is 449 g/mol. The van der Waals surface area contributed by atoms with Gasteiger partial charge in [-0.15, -0.1) is 0 Å². The van der Waals surface area contributed by atoms with Crippen LogP contribution in [-0.4, -0.2) is 41.4 Å². The number of imide groups is 1. The Morgan fingerprint density at radius 2 is 1.88 bits per heavy atom. The van der Waals surface area contributed by atoms with Crippen LogP contribution in [0.1, 0.15) is 34.5 Å². The molecule has 1 aliphatic rings. The third-order valence-electron chi connectivity index (χ3n) is 5.71. The van der Waals surface area contributed by atoms with Crippen molar-refractivity contribution in [3.63, 3.8) is 0 Å². The highest BCUT2D eigenvalue weighted by atomic mass is 19.1. The summed E-state index contributed by atoms with van der Waals surface area (Å²) in [6.45, 7) is 0.539. The van der Waals surface area contributed by atoms with Crippen molar-refractivity contribution < 1.29 is 23.3 Å². The Morgan fingerprint density at radius 1 is 1.15 bits per heavy atom. The molecule has 0 aliphatic carbocycles. The summed E-state index contributed by atoms with van der Waals surface area (Å²) in [6.07, 6.45) is 1.99. The molecule has 1 saturated heterocycles. The Kier molecular flexibility index (Phi) is 6.63. The molecule has 2 heterocycles. The van der Waals surface area contributed by atoms with E-state index in [1.54, 1.807) is 36.2 Å². The van der Waals surface area contributed by atoms with E-state index in [-0.39, 0.29) is 35.9 Å². The number of hydrogen-bond donors (Lipinski definition) is 1. The minimum Gasteiger partial charge on any atom is -0.361 e. The maximum Gasteiger partial charge on any atom is 0.253 e. The number of amides is 3. The molecule has 1 aliphatic heterocycles. The minimum atomic E-state index is -0.346. The van der Waals surface area contributed by atoms with E-state index >= 15 is 0 Å². The monoisotopic (exact) mass is 449 g/mol. The summed E-state index contributed by atoms with van der Waals surface area (Å²) in [7, 11) is 1.75. The van der Waals surface area contributed by atoms with Crippen molar-refractivity contribution in [2.75, 3.05) is 13.6 Å². The summed E-state index contributed by atoms with van der Waals surface area (Å²) in [5.41, 5.74) is 2.90. The van der Waals surface area contributed by atoms with Gasteiger partial charge in [0.15, 0.2) is 0 Å². The van der Waals surface area contributed by atoms with E-state index in [0.717, 1.165) is 11.1 Å². The smallest absolute Gasteiger partial charge is 0.253 e. The van der Waals surface area contributed by atoms with Crippen molar-refractivity contribution in [1.29, 1.82) is 0 Å². The van der Waals surface area contributed by atoms with Crippen molar-refractivity contribution in [3.8, 4) is 11.3 Å². The van der Waals surface area contributed by atoms with Crippen molar-refractivity contribution in [1.82, 2.24) is 15.4 Å². The standard InChI is InChI=1S/C25H24FN3O4/c1-29(12-2-3-21-15-22(28-33-21)17-8-10-20(26)11-9-17)25(32)18-6-4-16(5-7-18)13-19-14-23(30)27-24(19)31/h4-11,15,19H,2-3,12-14H2,1H3,(H,27,30,31). The lowest BCUT2D eigenvalue weighted by Gasteiger charge is -2.17. The number of nitrogens with one attached hydrogen (secondary N) is 1. The Morgan fingerprint density at radius 3 is 2.55 bits per heavy atom. The van der Waals surface area contributed by atoms with Crippen LogP contribution in [-0.2, 0) is 22.4 Å². The highest BCUT2D eigenvalue weighted by Crippen LogP contribution is 2.21. The molecule has 3 amide bonds. The summed E-state index contributed by atoms with van der Waals surface area (Å²) in [5.74, 6) is -0.523. The van der Waals surface area contributed by atoms with Gasteiger partial charge in [-0.3, -0.25) is 19.7 Å². The first-order valence-corrected chi connectivity index (χ1v) is 10.8. The number of aromatic nitrogens is 1. The van der Waals surface area contributed by atoms with Gasteiger partial charge in [0, 0.05) is 43.6 Å². The number of carbonyl (C=O) groups excluding carboxylic acids is 3. The lowest BCUT2D eigenvalue weighted by atomic mass is 9.97. The first-order chi connectivity index (χ1) is 15.9. The average Bonchev–Trinajstić information content (AvgIpc) is 3.40.